The average molecular weight is 234 g/mol. The first-order valence-corrected chi connectivity index (χ1v) is 5.36. The highest BCUT2D eigenvalue weighted by atomic mass is 35.5. The summed E-state index contributed by atoms with van der Waals surface area (Å²) in [5.74, 6) is 0.533. The zero-order valence-electron chi connectivity index (χ0n) is 9.20. The van der Waals surface area contributed by atoms with Crippen molar-refractivity contribution in [3.8, 4) is 17.0 Å². The Hall–Kier alpha value is -1.54. The maximum absolute atomic E-state index is 5.94. The number of benzene rings is 1. The van der Waals surface area contributed by atoms with Gasteiger partial charge in [-0.3, -0.25) is 0 Å². The summed E-state index contributed by atoms with van der Waals surface area (Å²) in [6.45, 7) is 2.07. The van der Waals surface area contributed by atoms with Gasteiger partial charge in [-0.2, -0.15) is 0 Å². The molecule has 0 fully saturated rings. The number of aryl methyl sites for hydroxylation is 1. The van der Waals surface area contributed by atoms with Gasteiger partial charge in [0.15, 0.2) is 0 Å². The molecule has 16 heavy (non-hydrogen) atoms. The molecule has 0 spiro atoms. The molecule has 3 heteroatoms. The minimum Gasteiger partial charge on any atom is -0.481 e. The van der Waals surface area contributed by atoms with Crippen LogP contribution in [0.5, 0.6) is 5.88 Å². The molecule has 0 bridgehead atoms. The Balaban J connectivity index is 2.56. The maximum Gasteiger partial charge on any atom is 0.214 e. The molecule has 0 saturated heterocycles. The number of pyridine rings is 1. The lowest BCUT2D eigenvalue weighted by Crippen LogP contribution is -1.90. The molecule has 0 atom stereocenters. The molecule has 82 valence electrons. The first-order chi connectivity index (χ1) is 7.70. The summed E-state index contributed by atoms with van der Waals surface area (Å²) >= 11 is 5.94. The molecule has 0 unspecified atom stereocenters. The topological polar surface area (TPSA) is 22.1 Å². The van der Waals surface area contributed by atoms with Crippen molar-refractivity contribution in [2.45, 2.75) is 6.92 Å². The Bertz CT molecular complexity index is 511. The van der Waals surface area contributed by atoms with Crippen LogP contribution < -0.4 is 4.74 Å². The summed E-state index contributed by atoms with van der Waals surface area (Å²) in [7, 11) is 1.58. The molecule has 2 nitrogen and oxygen atoms in total. The van der Waals surface area contributed by atoms with Crippen molar-refractivity contribution in [1.82, 2.24) is 4.98 Å². The third-order valence-electron chi connectivity index (χ3n) is 2.44. The predicted octanol–water partition coefficient (Wildman–Crippen LogP) is 3.72. The number of methoxy groups -OCH3 is 1. The molecule has 2 rings (SSSR count). The van der Waals surface area contributed by atoms with Gasteiger partial charge >= 0.3 is 0 Å². The van der Waals surface area contributed by atoms with Crippen molar-refractivity contribution in [2.75, 3.05) is 7.11 Å². The van der Waals surface area contributed by atoms with Crippen LogP contribution in [0.2, 0.25) is 5.15 Å². The lowest BCUT2D eigenvalue weighted by Gasteiger charge is -2.07. The monoisotopic (exact) mass is 233 g/mol. The molecular formula is C13H12ClNO. The highest BCUT2D eigenvalue weighted by Crippen LogP contribution is 2.27. The molecule has 0 N–H and O–H groups in total. The van der Waals surface area contributed by atoms with E-state index in [-0.39, 0.29) is 0 Å². The number of rotatable bonds is 2. The molecule has 0 aliphatic rings. The fourth-order valence-electron chi connectivity index (χ4n) is 1.63. The highest BCUT2D eigenvalue weighted by molar-refractivity contribution is 6.29. The number of hydrogen-bond donors (Lipinski definition) is 0. The molecule has 1 aromatic carbocycles. The number of aromatic nitrogens is 1. The SMILES string of the molecule is COc1cc(-c2ccccc2C)cc(Cl)n1. The van der Waals surface area contributed by atoms with Gasteiger partial charge in [-0.05, 0) is 29.7 Å². The Labute approximate surface area is 99.9 Å². The van der Waals surface area contributed by atoms with E-state index < -0.39 is 0 Å². The van der Waals surface area contributed by atoms with E-state index in [0.29, 0.717) is 11.0 Å². The number of nitrogens with zero attached hydrogens (tertiary/aromatic N) is 1. The van der Waals surface area contributed by atoms with Crippen LogP contribution in [0.25, 0.3) is 11.1 Å². The number of halogens is 1. The first kappa shape index (κ1) is 11.0. The summed E-state index contributed by atoms with van der Waals surface area (Å²) in [6.07, 6.45) is 0. The van der Waals surface area contributed by atoms with Crippen molar-refractivity contribution in [1.29, 1.82) is 0 Å². The largest absolute Gasteiger partial charge is 0.481 e. The summed E-state index contributed by atoms with van der Waals surface area (Å²) in [6, 6.07) is 11.9. The number of ether oxygens (including phenoxy) is 1. The van der Waals surface area contributed by atoms with Crippen LogP contribution in [0.1, 0.15) is 5.56 Å². The quantitative estimate of drug-likeness (QED) is 0.738. The molecule has 0 aliphatic carbocycles. The molecular weight excluding hydrogens is 222 g/mol. The van der Waals surface area contributed by atoms with Crippen LogP contribution >= 0.6 is 11.6 Å². The Morgan fingerprint density at radius 2 is 1.94 bits per heavy atom. The van der Waals surface area contributed by atoms with Crippen LogP contribution in [-0.4, -0.2) is 12.1 Å². The van der Waals surface area contributed by atoms with E-state index in [0.717, 1.165) is 11.1 Å². The van der Waals surface area contributed by atoms with Crippen LogP contribution in [0.4, 0.5) is 0 Å². The first-order valence-electron chi connectivity index (χ1n) is 4.98. The van der Waals surface area contributed by atoms with E-state index in [4.69, 9.17) is 16.3 Å². The van der Waals surface area contributed by atoms with Gasteiger partial charge < -0.3 is 4.74 Å². The van der Waals surface area contributed by atoms with Crippen molar-refractivity contribution >= 4 is 11.6 Å². The van der Waals surface area contributed by atoms with Gasteiger partial charge in [-0.15, -0.1) is 0 Å². The minimum absolute atomic E-state index is 0.442. The Morgan fingerprint density at radius 1 is 1.19 bits per heavy atom. The number of hydrogen-bond acceptors (Lipinski definition) is 2. The third kappa shape index (κ3) is 2.17. The van der Waals surface area contributed by atoms with Crippen LogP contribution in [0, 0.1) is 6.92 Å². The van der Waals surface area contributed by atoms with Crippen LogP contribution in [-0.2, 0) is 0 Å². The summed E-state index contributed by atoms with van der Waals surface area (Å²) in [4.78, 5) is 4.05. The second-order valence-electron chi connectivity index (χ2n) is 3.54. The van der Waals surface area contributed by atoms with Gasteiger partial charge in [-0.1, -0.05) is 35.9 Å². The molecule has 0 amide bonds. The fraction of sp³-hybridized carbons (Fsp3) is 0.154. The van der Waals surface area contributed by atoms with Crippen molar-refractivity contribution < 1.29 is 4.74 Å². The van der Waals surface area contributed by atoms with Gasteiger partial charge in [0.25, 0.3) is 0 Å². The maximum atomic E-state index is 5.94. The van der Waals surface area contributed by atoms with E-state index >= 15 is 0 Å². The van der Waals surface area contributed by atoms with E-state index in [1.165, 1.54) is 5.56 Å². The lowest BCUT2D eigenvalue weighted by atomic mass is 10.0. The average Bonchev–Trinajstić information content (AvgIpc) is 2.28. The van der Waals surface area contributed by atoms with Crippen molar-refractivity contribution in [3.05, 3.63) is 47.1 Å². The van der Waals surface area contributed by atoms with E-state index in [1.807, 2.05) is 24.3 Å². The molecule has 2 aromatic rings. The predicted molar refractivity (Wildman–Crippen MR) is 66.0 cm³/mol. The second-order valence-corrected chi connectivity index (χ2v) is 3.92. The standard InChI is InChI=1S/C13H12ClNO/c1-9-5-3-4-6-11(9)10-7-12(14)15-13(8-10)16-2/h3-8H,1-2H3. The lowest BCUT2D eigenvalue weighted by molar-refractivity contribution is 0.398. The van der Waals surface area contributed by atoms with Gasteiger partial charge in [0.2, 0.25) is 5.88 Å². The normalized spacial score (nSPS) is 10.2. The van der Waals surface area contributed by atoms with Crippen LogP contribution in [0.3, 0.4) is 0 Å². The molecule has 1 heterocycles. The van der Waals surface area contributed by atoms with Crippen molar-refractivity contribution in [2.24, 2.45) is 0 Å². The summed E-state index contributed by atoms with van der Waals surface area (Å²) in [5, 5.41) is 0.442. The molecule has 1 aromatic heterocycles. The zero-order chi connectivity index (χ0) is 11.5. The molecule has 0 radical (unpaired) electrons. The highest BCUT2D eigenvalue weighted by Gasteiger charge is 2.05. The summed E-state index contributed by atoms with van der Waals surface area (Å²) < 4.78 is 5.10. The molecule has 0 aliphatic heterocycles. The van der Waals surface area contributed by atoms with Gasteiger partial charge in [0, 0.05) is 6.07 Å². The summed E-state index contributed by atoms with van der Waals surface area (Å²) in [5.41, 5.74) is 3.37. The Kier molecular flexibility index (Phi) is 3.11. The second kappa shape index (κ2) is 4.54. The molecule has 0 saturated carbocycles. The minimum atomic E-state index is 0.442. The van der Waals surface area contributed by atoms with Gasteiger partial charge in [0.1, 0.15) is 5.15 Å². The van der Waals surface area contributed by atoms with E-state index in [9.17, 15) is 0 Å². The fourth-order valence-corrected chi connectivity index (χ4v) is 1.83. The smallest absolute Gasteiger partial charge is 0.214 e. The van der Waals surface area contributed by atoms with E-state index in [1.54, 1.807) is 7.11 Å². The van der Waals surface area contributed by atoms with Gasteiger partial charge in [-0.25, -0.2) is 4.98 Å². The zero-order valence-corrected chi connectivity index (χ0v) is 9.95. The van der Waals surface area contributed by atoms with E-state index in [2.05, 4.69) is 24.0 Å². The third-order valence-corrected chi connectivity index (χ3v) is 2.63. The Morgan fingerprint density at radius 3 is 2.62 bits per heavy atom. The van der Waals surface area contributed by atoms with Gasteiger partial charge in [0.05, 0.1) is 7.11 Å². The van der Waals surface area contributed by atoms with Crippen molar-refractivity contribution in [3.63, 3.8) is 0 Å². The van der Waals surface area contributed by atoms with Crippen LogP contribution in [0.15, 0.2) is 36.4 Å².